The highest BCUT2D eigenvalue weighted by Crippen LogP contribution is 2.65. The largest absolute Gasteiger partial charge is 0.393 e. The first kappa shape index (κ1) is 22.6. The van der Waals surface area contributed by atoms with Crippen LogP contribution < -0.4 is 5.32 Å². The predicted octanol–water partition coefficient (Wildman–Crippen LogP) is 4.39. The first-order valence-electron chi connectivity index (χ1n) is 12.6. The Morgan fingerprint density at radius 3 is 2.91 bits per heavy atom. The molecule has 5 rings (SSSR count). The van der Waals surface area contributed by atoms with Crippen LogP contribution >= 0.6 is 0 Å². The molecule has 6 heteroatoms. The number of amides is 1. The third-order valence-electron chi connectivity index (χ3n) is 9.52. The molecule has 0 aromatic carbocycles. The molecular formula is C27H37N3O3. The summed E-state index contributed by atoms with van der Waals surface area (Å²) in [5, 5.41) is 17.8. The van der Waals surface area contributed by atoms with Crippen LogP contribution in [0.1, 0.15) is 70.8 Å². The van der Waals surface area contributed by atoms with E-state index in [1.165, 1.54) is 24.8 Å². The number of nitrogens with zero attached hydrogens (tertiary/aromatic N) is 2. The van der Waals surface area contributed by atoms with Crippen LogP contribution in [0.4, 0.5) is 0 Å². The van der Waals surface area contributed by atoms with Gasteiger partial charge in [-0.2, -0.15) is 0 Å². The van der Waals surface area contributed by atoms with Gasteiger partial charge in [0.15, 0.2) is 6.61 Å². The van der Waals surface area contributed by atoms with Crippen molar-refractivity contribution in [2.24, 2.45) is 33.7 Å². The van der Waals surface area contributed by atoms with Crippen LogP contribution in [0.15, 0.2) is 41.3 Å². The van der Waals surface area contributed by atoms with Crippen LogP contribution in [0.5, 0.6) is 0 Å². The van der Waals surface area contributed by atoms with Crippen LogP contribution in [0.2, 0.25) is 0 Å². The van der Waals surface area contributed by atoms with Crippen molar-refractivity contribution in [3.63, 3.8) is 0 Å². The number of aromatic nitrogens is 1. The zero-order valence-electron chi connectivity index (χ0n) is 19.9. The van der Waals surface area contributed by atoms with E-state index in [2.05, 4.69) is 35.4 Å². The van der Waals surface area contributed by atoms with Crippen molar-refractivity contribution in [2.45, 2.75) is 77.9 Å². The molecular weight excluding hydrogens is 414 g/mol. The minimum absolute atomic E-state index is 0.0719. The normalized spacial score (nSPS) is 38.6. The SMILES string of the molecule is C[C@]12CC[C@H]3[C@H](CCC4=CC(=NOCC(=O)NCc5cccnc5)CC[C@@]43C)[C@@H]1CC[C@@H]2O. The quantitative estimate of drug-likeness (QED) is 0.650. The van der Waals surface area contributed by atoms with E-state index in [0.29, 0.717) is 18.4 Å². The molecule has 1 amide bonds. The molecule has 1 aromatic heterocycles. The standard InChI is InChI=1S/C27H37N3O3/c1-26-11-9-20(30-33-17-25(32)29-16-18-4-3-13-28-15-18)14-19(26)5-6-21-22-7-8-24(31)27(22,2)12-10-23(21)26/h3-4,13-15,21-24,31H,5-12,16-17H2,1-2H3,(H,29,32)/t21-,22+,23+,24+,26+,27+/m1/s1. The summed E-state index contributed by atoms with van der Waals surface area (Å²) >= 11 is 0. The monoisotopic (exact) mass is 451 g/mol. The Bertz CT molecular complexity index is 945. The number of rotatable bonds is 5. The van der Waals surface area contributed by atoms with Crippen molar-refractivity contribution in [1.82, 2.24) is 10.3 Å². The topological polar surface area (TPSA) is 83.8 Å². The van der Waals surface area contributed by atoms with Crippen LogP contribution in [0.3, 0.4) is 0 Å². The molecule has 0 spiro atoms. The number of oxime groups is 1. The maximum Gasteiger partial charge on any atom is 0.261 e. The Balaban J connectivity index is 1.19. The number of nitrogens with one attached hydrogen (secondary N) is 1. The fraction of sp³-hybridized carbons (Fsp3) is 0.667. The number of carbonyl (C=O) groups excluding carboxylic acids is 1. The van der Waals surface area contributed by atoms with Crippen molar-refractivity contribution in [3.05, 3.63) is 41.7 Å². The highest BCUT2D eigenvalue weighted by Gasteiger charge is 2.58. The lowest BCUT2D eigenvalue weighted by molar-refractivity contribution is -0.125. The van der Waals surface area contributed by atoms with E-state index < -0.39 is 0 Å². The second-order valence-electron chi connectivity index (χ2n) is 11.1. The molecule has 3 saturated carbocycles. The van der Waals surface area contributed by atoms with E-state index in [4.69, 9.17) is 4.84 Å². The van der Waals surface area contributed by atoms with Gasteiger partial charge in [0.05, 0.1) is 11.8 Å². The van der Waals surface area contributed by atoms with Gasteiger partial charge in [-0.15, -0.1) is 0 Å². The Hall–Kier alpha value is -2.21. The Morgan fingerprint density at radius 2 is 2.09 bits per heavy atom. The molecule has 4 aliphatic rings. The number of hydrogen-bond donors (Lipinski definition) is 2. The summed E-state index contributed by atoms with van der Waals surface area (Å²) in [5.74, 6) is 1.94. The molecule has 0 radical (unpaired) electrons. The van der Waals surface area contributed by atoms with E-state index in [1.807, 2.05) is 12.1 Å². The van der Waals surface area contributed by atoms with E-state index in [1.54, 1.807) is 12.4 Å². The molecule has 0 aliphatic heterocycles. The summed E-state index contributed by atoms with van der Waals surface area (Å²) in [6.07, 6.45) is 14.5. The lowest BCUT2D eigenvalue weighted by Crippen LogP contribution is -2.51. The third kappa shape index (κ3) is 4.11. The molecule has 1 heterocycles. The smallest absolute Gasteiger partial charge is 0.261 e. The summed E-state index contributed by atoms with van der Waals surface area (Å²) in [6, 6.07) is 3.78. The van der Waals surface area contributed by atoms with E-state index >= 15 is 0 Å². The molecule has 0 bridgehead atoms. The van der Waals surface area contributed by atoms with Crippen molar-refractivity contribution in [2.75, 3.05) is 6.61 Å². The highest BCUT2D eigenvalue weighted by atomic mass is 16.6. The van der Waals surface area contributed by atoms with Gasteiger partial charge >= 0.3 is 0 Å². The summed E-state index contributed by atoms with van der Waals surface area (Å²) in [7, 11) is 0. The Kier molecular flexibility index (Phi) is 6.06. The fourth-order valence-corrected chi connectivity index (χ4v) is 7.54. The molecule has 6 atom stereocenters. The zero-order valence-corrected chi connectivity index (χ0v) is 19.9. The average molecular weight is 452 g/mol. The highest BCUT2D eigenvalue weighted by molar-refractivity contribution is 5.96. The average Bonchev–Trinajstić information content (AvgIpc) is 3.13. The number of pyridine rings is 1. The Labute approximate surface area is 196 Å². The van der Waals surface area contributed by atoms with Crippen LogP contribution in [0.25, 0.3) is 0 Å². The second kappa shape index (κ2) is 8.86. The summed E-state index contributed by atoms with van der Waals surface area (Å²) in [4.78, 5) is 21.5. The lowest BCUT2D eigenvalue weighted by Gasteiger charge is -2.57. The van der Waals surface area contributed by atoms with Crippen molar-refractivity contribution in [1.29, 1.82) is 0 Å². The van der Waals surface area contributed by atoms with E-state index in [9.17, 15) is 9.90 Å². The number of aliphatic hydroxyl groups excluding tert-OH is 1. The maximum atomic E-state index is 12.1. The maximum absolute atomic E-state index is 12.1. The van der Waals surface area contributed by atoms with Gasteiger partial charge in [0.1, 0.15) is 0 Å². The van der Waals surface area contributed by atoms with Crippen LogP contribution in [-0.2, 0) is 16.2 Å². The lowest BCUT2D eigenvalue weighted by atomic mass is 9.47. The van der Waals surface area contributed by atoms with Gasteiger partial charge in [-0.25, -0.2) is 0 Å². The number of carbonyl (C=O) groups is 1. The minimum atomic E-state index is -0.180. The molecule has 6 nitrogen and oxygen atoms in total. The number of allylic oxidation sites excluding steroid dienone is 2. The molecule has 0 saturated heterocycles. The molecule has 33 heavy (non-hydrogen) atoms. The first-order chi connectivity index (χ1) is 15.9. The first-order valence-corrected chi connectivity index (χ1v) is 12.6. The van der Waals surface area contributed by atoms with Crippen LogP contribution in [0, 0.1) is 28.6 Å². The number of aliphatic hydroxyl groups is 1. The van der Waals surface area contributed by atoms with E-state index in [-0.39, 0.29) is 29.4 Å². The molecule has 3 fully saturated rings. The summed E-state index contributed by atoms with van der Waals surface area (Å²) in [5.41, 5.74) is 3.79. The molecule has 2 N–H and O–H groups in total. The fourth-order valence-electron chi connectivity index (χ4n) is 7.54. The van der Waals surface area contributed by atoms with E-state index in [0.717, 1.165) is 49.3 Å². The minimum Gasteiger partial charge on any atom is -0.393 e. The molecule has 178 valence electrons. The molecule has 4 aliphatic carbocycles. The summed E-state index contributed by atoms with van der Waals surface area (Å²) < 4.78 is 0. The van der Waals surface area contributed by atoms with Crippen molar-refractivity contribution in [3.8, 4) is 0 Å². The molecule has 1 aromatic rings. The Morgan fingerprint density at radius 1 is 1.21 bits per heavy atom. The van der Waals surface area contributed by atoms with Gasteiger partial charge in [0, 0.05) is 18.9 Å². The third-order valence-corrected chi connectivity index (χ3v) is 9.52. The summed E-state index contributed by atoms with van der Waals surface area (Å²) in [6.45, 7) is 5.18. The van der Waals surface area contributed by atoms with Crippen molar-refractivity contribution < 1.29 is 14.7 Å². The van der Waals surface area contributed by atoms with Gasteiger partial charge in [-0.3, -0.25) is 9.78 Å². The molecule has 0 unspecified atom stereocenters. The van der Waals surface area contributed by atoms with Gasteiger partial charge in [0.2, 0.25) is 0 Å². The zero-order chi connectivity index (χ0) is 23.1. The van der Waals surface area contributed by atoms with Gasteiger partial charge < -0.3 is 15.3 Å². The van der Waals surface area contributed by atoms with Gasteiger partial charge in [-0.05, 0) is 97.7 Å². The van der Waals surface area contributed by atoms with Gasteiger partial charge in [-0.1, -0.05) is 30.6 Å². The number of fused-ring (bicyclic) bond motifs is 5. The number of hydrogen-bond acceptors (Lipinski definition) is 5. The predicted molar refractivity (Wildman–Crippen MR) is 127 cm³/mol. The van der Waals surface area contributed by atoms with Crippen LogP contribution in [-0.4, -0.2) is 34.4 Å². The van der Waals surface area contributed by atoms with Crippen molar-refractivity contribution >= 4 is 11.6 Å². The second-order valence-corrected chi connectivity index (χ2v) is 11.1. The van der Waals surface area contributed by atoms with Gasteiger partial charge in [0.25, 0.3) is 5.91 Å².